The molecule has 0 aromatic heterocycles. The molecule has 0 unspecified atom stereocenters. The van der Waals surface area contributed by atoms with Crippen LogP contribution in [0.3, 0.4) is 0 Å². The highest BCUT2D eigenvalue weighted by atomic mass is 15.0. The van der Waals surface area contributed by atoms with Gasteiger partial charge in [-0.15, -0.1) is 0 Å². The van der Waals surface area contributed by atoms with Gasteiger partial charge in [0.25, 0.3) is 0 Å². The van der Waals surface area contributed by atoms with E-state index in [-0.39, 0.29) is 0 Å². The van der Waals surface area contributed by atoms with Crippen molar-refractivity contribution in [2.45, 2.75) is 34.1 Å². The minimum atomic E-state index is 0.553. The molecule has 0 N–H and O–H groups in total. The highest BCUT2D eigenvalue weighted by Gasteiger charge is 2.14. The van der Waals surface area contributed by atoms with Gasteiger partial charge in [0.05, 0.1) is 21.4 Å². The van der Waals surface area contributed by atoms with E-state index in [0.717, 1.165) is 27.8 Å². The van der Waals surface area contributed by atoms with Crippen molar-refractivity contribution in [1.29, 1.82) is 0 Å². The van der Waals surface area contributed by atoms with Gasteiger partial charge < -0.3 is 0 Å². The molecule has 4 nitrogen and oxygen atoms in total. The highest BCUT2D eigenvalue weighted by Crippen LogP contribution is 2.11. The molecule has 0 atom stereocenters. The van der Waals surface area contributed by atoms with Gasteiger partial charge in [-0.2, -0.15) is 0 Å². The third kappa shape index (κ3) is 2.12. The van der Waals surface area contributed by atoms with E-state index in [4.69, 9.17) is 0 Å². The molecule has 0 saturated carbocycles. The van der Waals surface area contributed by atoms with Crippen LogP contribution in [0.4, 0.5) is 0 Å². The quantitative estimate of drug-likeness (QED) is 0.793. The molecule has 0 amide bonds. The fourth-order valence-corrected chi connectivity index (χ4v) is 3.59. The second kappa shape index (κ2) is 5.08. The number of nitrogens with zero attached hydrogens (tertiary/aromatic N) is 4. The van der Waals surface area contributed by atoms with E-state index in [1.807, 2.05) is 0 Å². The largest absolute Gasteiger partial charge is 0.259 e. The summed E-state index contributed by atoms with van der Waals surface area (Å²) < 4.78 is 0. The fourth-order valence-electron chi connectivity index (χ4n) is 3.59. The van der Waals surface area contributed by atoms with Crippen LogP contribution in [0, 0.1) is 27.7 Å². The normalized spacial score (nSPS) is 14.4. The summed E-state index contributed by atoms with van der Waals surface area (Å²) in [5.74, 6) is 0. The molecular weight excluding hydrogens is 284 g/mol. The van der Waals surface area contributed by atoms with E-state index >= 15 is 0 Å². The fraction of sp³-hybridized carbons (Fsp3) is 0.368. The maximum Gasteiger partial charge on any atom is 0.130 e. The van der Waals surface area contributed by atoms with Crippen molar-refractivity contribution >= 4 is 0 Å². The van der Waals surface area contributed by atoms with Crippen molar-refractivity contribution < 1.29 is 0 Å². The van der Waals surface area contributed by atoms with Crippen LogP contribution in [-0.2, 0) is 6.42 Å². The molecule has 0 spiro atoms. The molecular formula is C19H20N4. The zero-order valence-corrected chi connectivity index (χ0v) is 14.1. The van der Waals surface area contributed by atoms with Crippen LogP contribution >= 0.6 is 0 Å². The molecule has 0 aliphatic carbocycles. The van der Waals surface area contributed by atoms with Crippen LogP contribution in [0.1, 0.15) is 33.4 Å². The summed E-state index contributed by atoms with van der Waals surface area (Å²) in [4.78, 5) is 18.3. The first kappa shape index (κ1) is 14.2. The topological polar surface area (TPSA) is 49.4 Å². The van der Waals surface area contributed by atoms with Crippen LogP contribution in [0.2, 0.25) is 0 Å². The summed E-state index contributed by atoms with van der Waals surface area (Å²) in [6.45, 7) is 9.67. The Bertz CT molecular complexity index is 1080. The Balaban J connectivity index is 1.95. The van der Waals surface area contributed by atoms with Crippen molar-refractivity contribution in [3.8, 4) is 0 Å². The second-order valence-electron chi connectivity index (χ2n) is 6.45. The monoisotopic (exact) mass is 304 g/mol. The summed E-state index contributed by atoms with van der Waals surface area (Å²) >= 11 is 0. The van der Waals surface area contributed by atoms with Crippen molar-refractivity contribution in [1.82, 2.24) is 0 Å². The van der Waals surface area contributed by atoms with Gasteiger partial charge >= 0.3 is 0 Å². The van der Waals surface area contributed by atoms with Crippen LogP contribution in [0.5, 0.6) is 0 Å². The number of benzene rings is 2. The first-order chi connectivity index (χ1) is 11.1. The third-order valence-electron chi connectivity index (χ3n) is 4.94. The lowest BCUT2D eigenvalue weighted by atomic mass is 9.95. The van der Waals surface area contributed by atoms with Crippen LogP contribution in [-0.4, -0.2) is 13.3 Å². The van der Waals surface area contributed by atoms with Crippen molar-refractivity contribution in [3.63, 3.8) is 0 Å². The smallest absolute Gasteiger partial charge is 0.130 e. The molecule has 2 aliphatic heterocycles. The van der Waals surface area contributed by atoms with Gasteiger partial charge in [-0.05, 0) is 61.1 Å². The van der Waals surface area contributed by atoms with Crippen molar-refractivity contribution in [2.75, 3.05) is 13.3 Å². The standard InChI is InChI=1S/C19H20N4/c1-10-6-14(18-17(13(10)4)21-9-22-18)7-15-11(2)5-12(3)16-19(15)23-8-20-16/h5-6H,7-9H2,1-4H3. The maximum absolute atomic E-state index is 4.63. The molecule has 4 heteroatoms. The summed E-state index contributed by atoms with van der Waals surface area (Å²) in [5.41, 5.74) is 7.55. The van der Waals surface area contributed by atoms with E-state index in [2.05, 4.69) is 59.8 Å². The number of hydrogen-bond donors (Lipinski definition) is 0. The van der Waals surface area contributed by atoms with E-state index < -0.39 is 0 Å². The van der Waals surface area contributed by atoms with Crippen molar-refractivity contribution in [2.24, 2.45) is 20.0 Å². The molecule has 0 bridgehead atoms. The van der Waals surface area contributed by atoms with Crippen LogP contribution in [0.25, 0.3) is 0 Å². The zero-order valence-electron chi connectivity index (χ0n) is 14.1. The third-order valence-corrected chi connectivity index (χ3v) is 4.94. The van der Waals surface area contributed by atoms with Gasteiger partial charge in [-0.1, -0.05) is 12.1 Å². The lowest BCUT2D eigenvalue weighted by molar-refractivity contribution is 1.02. The van der Waals surface area contributed by atoms with E-state index in [1.54, 1.807) is 0 Å². The van der Waals surface area contributed by atoms with Crippen molar-refractivity contribution in [3.05, 3.63) is 66.9 Å². The van der Waals surface area contributed by atoms with Crippen LogP contribution < -0.4 is 21.4 Å². The molecule has 0 fully saturated rings. The number of aryl methyl sites for hydroxylation is 3. The average Bonchev–Trinajstić information content (AvgIpc) is 3.17. The first-order valence-corrected chi connectivity index (χ1v) is 8.02. The Labute approximate surface area is 135 Å². The molecule has 2 aromatic carbocycles. The average molecular weight is 304 g/mol. The predicted molar refractivity (Wildman–Crippen MR) is 89.0 cm³/mol. The molecule has 2 aliphatic rings. The minimum absolute atomic E-state index is 0.553. The molecule has 2 aromatic rings. The Morgan fingerprint density at radius 1 is 0.696 bits per heavy atom. The lowest BCUT2D eigenvalue weighted by Gasteiger charge is -2.10. The molecule has 0 saturated heterocycles. The van der Waals surface area contributed by atoms with E-state index in [0.29, 0.717) is 13.3 Å². The van der Waals surface area contributed by atoms with Gasteiger partial charge in [0.2, 0.25) is 0 Å². The van der Waals surface area contributed by atoms with Gasteiger partial charge in [-0.3, -0.25) is 20.0 Å². The predicted octanol–water partition coefficient (Wildman–Crippen LogP) is 0.932. The van der Waals surface area contributed by atoms with Gasteiger partial charge in [0.15, 0.2) is 0 Å². The van der Waals surface area contributed by atoms with E-state index in [9.17, 15) is 0 Å². The molecule has 23 heavy (non-hydrogen) atoms. The summed E-state index contributed by atoms with van der Waals surface area (Å²) in [6.07, 6.45) is 0.843. The minimum Gasteiger partial charge on any atom is -0.259 e. The van der Waals surface area contributed by atoms with Crippen LogP contribution in [0.15, 0.2) is 32.1 Å². The Morgan fingerprint density at radius 2 is 1.35 bits per heavy atom. The summed E-state index contributed by atoms with van der Waals surface area (Å²) in [6, 6.07) is 4.48. The number of rotatable bonds is 2. The molecule has 2 heterocycles. The molecule has 0 radical (unpaired) electrons. The zero-order chi connectivity index (χ0) is 16.1. The molecule has 4 rings (SSSR count). The number of hydrogen-bond acceptors (Lipinski definition) is 4. The Hall–Kier alpha value is -2.36. The lowest BCUT2D eigenvalue weighted by Crippen LogP contribution is -2.34. The van der Waals surface area contributed by atoms with Gasteiger partial charge in [-0.25, -0.2) is 0 Å². The Morgan fingerprint density at radius 3 is 2.13 bits per heavy atom. The van der Waals surface area contributed by atoms with Gasteiger partial charge in [0, 0.05) is 6.42 Å². The summed E-state index contributed by atoms with van der Waals surface area (Å²) in [5, 5.41) is 4.27. The summed E-state index contributed by atoms with van der Waals surface area (Å²) in [7, 11) is 0. The van der Waals surface area contributed by atoms with Gasteiger partial charge in [0.1, 0.15) is 13.3 Å². The highest BCUT2D eigenvalue weighted by molar-refractivity contribution is 5.38. The first-order valence-electron chi connectivity index (χ1n) is 8.02. The molecule has 116 valence electrons. The second-order valence-corrected chi connectivity index (χ2v) is 6.45. The van der Waals surface area contributed by atoms with E-state index in [1.165, 1.54) is 33.4 Å². The Kier molecular flexibility index (Phi) is 3.15. The SMILES string of the molecule is Cc1cc(Cc2c(C)cc(C)c3c2=NCN=3)c2c(c1C)=NCN=2. The number of fused-ring (bicyclic) bond motifs is 2. The maximum atomic E-state index is 4.63.